The summed E-state index contributed by atoms with van der Waals surface area (Å²) in [5, 5.41) is 14.3. The first-order valence-electron chi connectivity index (χ1n) is 6.85. The van der Waals surface area contributed by atoms with Gasteiger partial charge in [0.1, 0.15) is 11.5 Å². The summed E-state index contributed by atoms with van der Waals surface area (Å²) in [7, 11) is 0. The lowest BCUT2D eigenvalue weighted by Crippen LogP contribution is -2.25. The predicted octanol–water partition coefficient (Wildman–Crippen LogP) is 2.54. The number of aromatic nitrogens is 1. The van der Waals surface area contributed by atoms with Crippen molar-refractivity contribution in [2.75, 3.05) is 18.0 Å². The molecule has 1 aromatic carbocycles. The van der Waals surface area contributed by atoms with Crippen LogP contribution in [0.5, 0.6) is 0 Å². The normalized spacial score (nSPS) is 14.4. The summed E-state index contributed by atoms with van der Waals surface area (Å²) in [6, 6.07) is 11.4. The number of pyridine rings is 1. The zero-order chi connectivity index (χ0) is 14.8. The minimum absolute atomic E-state index is 0.0555. The standard InChI is InChI=1S/C15H16N4O2/c1-11-13(19(20)21)6-7-15(17-11)18-9-8-16-10-12-4-2-3-5-14(12)18/h2-7,16H,8-10H2,1H3. The van der Waals surface area contributed by atoms with Gasteiger partial charge in [0.2, 0.25) is 0 Å². The van der Waals surface area contributed by atoms with E-state index in [0.717, 1.165) is 31.1 Å². The van der Waals surface area contributed by atoms with E-state index in [0.29, 0.717) is 5.69 Å². The highest BCUT2D eigenvalue weighted by Crippen LogP contribution is 2.30. The van der Waals surface area contributed by atoms with E-state index in [1.54, 1.807) is 13.0 Å². The lowest BCUT2D eigenvalue weighted by atomic mass is 10.1. The molecule has 0 unspecified atom stereocenters. The minimum Gasteiger partial charge on any atom is -0.325 e. The molecule has 108 valence electrons. The quantitative estimate of drug-likeness (QED) is 0.678. The molecule has 6 nitrogen and oxygen atoms in total. The van der Waals surface area contributed by atoms with Gasteiger partial charge < -0.3 is 10.2 Å². The van der Waals surface area contributed by atoms with Crippen LogP contribution in [-0.4, -0.2) is 23.0 Å². The molecular weight excluding hydrogens is 268 g/mol. The fraction of sp³-hybridized carbons (Fsp3) is 0.267. The van der Waals surface area contributed by atoms with Crippen LogP contribution >= 0.6 is 0 Å². The Morgan fingerprint density at radius 3 is 2.86 bits per heavy atom. The van der Waals surface area contributed by atoms with E-state index in [1.807, 2.05) is 12.1 Å². The van der Waals surface area contributed by atoms with E-state index in [9.17, 15) is 10.1 Å². The first-order valence-corrected chi connectivity index (χ1v) is 6.85. The van der Waals surface area contributed by atoms with Gasteiger partial charge in [-0.1, -0.05) is 18.2 Å². The first-order chi connectivity index (χ1) is 10.2. The van der Waals surface area contributed by atoms with Crippen molar-refractivity contribution >= 4 is 17.2 Å². The highest BCUT2D eigenvalue weighted by Gasteiger charge is 2.19. The van der Waals surface area contributed by atoms with Crippen molar-refractivity contribution in [3.63, 3.8) is 0 Å². The Hall–Kier alpha value is -2.47. The highest BCUT2D eigenvalue weighted by atomic mass is 16.6. The van der Waals surface area contributed by atoms with Gasteiger partial charge in [-0.15, -0.1) is 0 Å². The van der Waals surface area contributed by atoms with Crippen LogP contribution in [-0.2, 0) is 6.54 Å². The third-order valence-electron chi connectivity index (χ3n) is 3.63. The number of hydrogen-bond acceptors (Lipinski definition) is 5. The minimum atomic E-state index is -0.399. The van der Waals surface area contributed by atoms with Crippen LogP contribution in [0.25, 0.3) is 0 Å². The molecule has 21 heavy (non-hydrogen) atoms. The van der Waals surface area contributed by atoms with Crippen LogP contribution < -0.4 is 10.2 Å². The molecule has 0 bridgehead atoms. The molecule has 6 heteroatoms. The molecule has 0 saturated heterocycles. The Balaban J connectivity index is 2.04. The van der Waals surface area contributed by atoms with Crippen LogP contribution in [0.3, 0.4) is 0 Å². The van der Waals surface area contributed by atoms with E-state index in [2.05, 4.69) is 27.3 Å². The Kier molecular flexibility index (Phi) is 3.53. The fourth-order valence-electron chi connectivity index (χ4n) is 2.58. The fourth-order valence-corrected chi connectivity index (χ4v) is 2.58. The number of fused-ring (bicyclic) bond motifs is 1. The van der Waals surface area contributed by atoms with Crippen LogP contribution in [0.2, 0.25) is 0 Å². The maximum absolute atomic E-state index is 10.9. The van der Waals surface area contributed by atoms with Gasteiger partial charge in [-0.05, 0) is 24.6 Å². The second-order valence-electron chi connectivity index (χ2n) is 4.99. The smallest absolute Gasteiger partial charge is 0.290 e. The van der Waals surface area contributed by atoms with Crippen LogP contribution in [0.15, 0.2) is 36.4 Å². The largest absolute Gasteiger partial charge is 0.325 e. The third-order valence-corrected chi connectivity index (χ3v) is 3.63. The van der Waals surface area contributed by atoms with Gasteiger partial charge in [-0.2, -0.15) is 0 Å². The van der Waals surface area contributed by atoms with Crippen molar-refractivity contribution in [1.82, 2.24) is 10.3 Å². The zero-order valence-electron chi connectivity index (χ0n) is 11.7. The van der Waals surface area contributed by atoms with Crippen molar-refractivity contribution in [3.8, 4) is 0 Å². The van der Waals surface area contributed by atoms with E-state index in [4.69, 9.17) is 0 Å². The van der Waals surface area contributed by atoms with E-state index < -0.39 is 4.92 Å². The van der Waals surface area contributed by atoms with Crippen molar-refractivity contribution < 1.29 is 4.92 Å². The summed E-state index contributed by atoms with van der Waals surface area (Å²) < 4.78 is 0. The van der Waals surface area contributed by atoms with Crippen molar-refractivity contribution in [2.45, 2.75) is 13.5 Å². The zero-order valence-corrected chi connectivity index (χ0v) is 11.7. The topological polar surface area (TPSA) is 71.3 Å². The molecular formula is C15H16N4O2. The second-order valence-corrected chi connectivity index (χ2v) is 4.99. The Morgan fingerprint density at radius 1 is 1.29 bits per heavy atom. The summed E-state index contributed by atoms with van der Waals surface area (Å²) in [5.41, 5.74) is 2.79. The average Bonchev–Trinajstić information content (AvgIpc) is 2.69. The van der Waals surface area contributed by atoms with E-state index in [-0.39, 0.29) is 5.69 Å². The Bertz CT molecular complexity index is 687. The molecule has 1 aliphatic rings. The number of nitrogens with zero attached hydrogens (tertiary/aromatic N) is 3. The molecule has 2 aromatic rings. The number of nitro groups is 1. The van der Waals surface area contributed by atoms with E-state index >= 15 is 0 Å². The molecule has 1 aliphatic heterocycles. The summed E-state index contributed by atoms with van der Waals surface area (Å²) in [5.74, 6) is 0.745. The van der Waals surface area contributed by atoms with Gasteiger partial charge in [0, 0.05) is 31.4 Å². The van der Waals surface area contributed by atoms with Crippen molar-refractivity contribution in [1.29, 1.82) is 0 Å². The van der Waals surface area contributed by atoms with Crippen LogP contribution in [0.4, 0.5) is 17.2 Å². The molecule has 0 fully saturated rings. The van der Waals surface area contributed by atoms with Gasteiger partial charge in [0.05, 0.1) is 4.92 Å². The van der Waals surface area contributed by atoms with Crippen LogP contribution in [0, 0.1) is 17.0 Å². The molecule has 0 saturated carbocycles. The highest BCUT2D eigenvalue weighted by molar-refractivity contribution is 5.65. The number of para-hydroxylation sites is 1. The SMILES string of the molecule is Cc1nc(N2CCNCc3ccccc32)ccc1[N+](=O)[O-]. The van der Waals surface area contributed by atoms with E-state index in [1.165, 1.54) is 11.6 Å². The van der Waals surface area contributed by atoms with Gasteiger partial charge >= 0.3 is 0 Å². The summed E-state index contributed by atoms with van der Waals surface area (Å²) >= 11 is 0. The molecule has 0 radical (unpaired) electrons. The molecule has 0 atom stereocenters. The number of aryl methyl sites for hydroxylation is 1. The number of benzene rings is 1. The number of nitrogens with one attached hydrogen (secondary N) is 1. The van der Waals surface area contributed by atoms with Gasteiger partial charge in [-0.3, -0.25) is 10.1 Å². The second kappa shape index (κ2) is 5.49. The first kappa shape index (κ1) is 13.5. The molecule has 0 amide bonds. The number of hydrogen-bond donors (Lipinski definition) is 1. The van der Waals surface area contributed by atoms with Gasteiger partial charge in [0.25, 0.3) is 5.69 Å². The lowest BCUT2D eigenvalue weighted by molar-refractivity contribution is -0.385. The Labute approximate surface area is 122 Å². The molecule has 2 heterocycles. The number of anilines is 2. The maximum Gasteiger partial charge on any atom is 0.290 e. The third kappa shape index (κ3) is 2.57. The van der Waals surface area contributed by atoms with Crippen LogP contribution in [0.1, 0.15) is 11.3 Å². The number of rotatable bonds is 2. The summed E-state index contributed by atoms with van der Waals surface area (Å²) in [4.78, 5) is 17.0. The molecule has 1 aromatic heterocycles. The summed E-state index contributed by atoms with van der Waals surface area (Å²) in [6.45, 7) is 4.11. The van der Waals surface area contributed by atoms with Crippen molar-refractivity contribution in [3.05, 3.63) is 57.8 Å². The lowest BCUT2D eigenvalue weighted by Gasteiger charge is -2.23. The maximum atomic E-state index is 10.9. The molecule has 1 N–H and O–H groups in total. The average molecular weight is 284 g/mol. The van der Waals surface area contributed by atoms with Gasteiger partial charge in [-0.25, -0.2) is 4.98 Å². The molecule has 0 spiro atoms. The molecule has 3 rings (SSSR count). The predicted molar refractivity (Wildman–Crippen MR) is 80.8 cm³/mol. The van der Waals surface area contributed by atoms with Gasteiger partial charge in [0.15, 0.2) is 0 Å². The van der Waals surface area contributed by atoms with Crippen molar-refractivity contribution in [2.24, 2.45) is 0 Å². The molecule has 0 aliphatic carbocycles. The monoisotopic (exact) mass is 284 g/mol. The Morgan fingerprint density at radius 2 is 2.10 bits per heavy atom. The summed E-state index contributed by atoms with van der Waals surface area (Å²) in [6.07, 6.45) is 0.